The van der Waals surface area contributed by atoms with Crippen molar-refractivity contribution in [3.05, 3.63) is 21.4 Å². The number of hydrogen-bond acceptors (Lipinski definition) is 3. The van der Waals surface area contributed by atoms with E-state index in [2.05, 4.69) is 12.2 Å². The number of thiophene rings is 1. The minimum atomic E-state index is 0.0745. The molecule has 1 aliphatic rings. The predicted molar refractivity (Wildman–Crippen MR) is 71.5 cm³/mol. The van der Waals surface area contributed by atoms with Crippen LogP contribution >= 0.6 is 11.3 Å². The first-order valence-electron chi connectivity index (χ1n) is 6.30. The van der Waals surface area contributed by atoms with E-state index in [1.807, 2.05) is 5.38 Å². The fourth-order valence-electron chi connectivity index (χ4n) is 2.27. The van der Waals surface area contributed by atoms with Crippen LogP contribution in [0.15, 0.2) is 5.38 Å². The summed E-state index contributed by atoms with van der Waals surface area (Å²) in [7, 11) is 0. The second-order valence-corrected chi connectivity index (χ2v) is 5.76. The second-order valence-electron chi connectivity index (χ2n) is 4.80. The zero-order chi connectivity index (χ0) is 12.3. The molecule has 1 aromatic heterocycles. The van der Waals surface area contributed by atoms with Gasteiger partial charge in [0, 0.05) is 16.8 Å². The molecule has 1 atom stereocenters. The van der Waals surface area contributed by atoms with Gasteiger partial charge in [-0.05, 0) is 43.7 Å². The first-order valence-corrected chi connectivity index (χ1v) is 7.18. The third-order valence-electron chi connectivity index (χ3n) is 3.31. The minimum Gasteiger partial charge on any atom is -0.352 e. The fourth-order valence-corrected chi connectivity index (χ4v) is 3.51. The maximum Gasteiger partial charge on any atom is 0.252 e. The molecule has 1 unspecified atom stereocenters. The number of carbonyl (C=O) groups is 1. The summed E-state index contributed by atoms with van der Waals surface area (Å²) in [6.07, 6.45) is 4.23. The van der Waals surface area contributed by atoms with Crippen molar-refractivity contribution in [1.82, 2.24) is 5.32 Å². The molecule has 4 heteroatoms. The molecule has 0 aromatic carbocycles. The van der Waals surface area contributed by atoms with Crippen molar-refractivity contribution in [2.24, 2.45) is 11.7 Å². The Hall–Kier alpha value is -0.870. The smallest absolute Gasteiger partial charge is 0.252 e. The molecule has 0 bridgehead atoms. The van der Waals surface area contributed by atoms with E-state index in [0.717, 1.165) is 30.7 Å². The maximum atomic E-state index is 12.0. The molecule has 0 aliphatic heterocycles. The van der Waals surface area contributed by atoms with Crippen LogP contribution in [0.1, 0.15) is 40.6 Å². The third-order valence-corrected chi connectivity index (χ3v) is 4.36. The zero-order valence-corrected chi connectivity index (χ0v) is 11.1. The number of fused-ring (bicyclic) bond motifs is 1. The molecule has 17 heavy (non-hydrogen) atoms. The normalized spacial score (nSPS) is 18.8. The van der Waals surface area contributed by atoms with Gasteiger partial charge in [0.25, 0.3) is 5.91 Å². The van der Waals surface area contributed by atoms with Crippen LogP contribution in [0.5, 0.6) is 0 Å². The first kappa shape index (κ1) is 12.6. The Morgan fingerprint density at radius 2 is 2.47 bits per heavy atom. The Morgan fingerprint density at radius 3 is 3.24 bits per heavy atom. The molecule has 1 heterocycles. The molecule has 1 aromatic rings. The summed E-state index contributed by atoms with van der Waals surface area (Å²) in [5.74, 6) is 0.833. The Balaban J connectivity index is 2.04. The Morgan fingerprint density at radius 1 is 1.65 bits per heavy atom. The number of hydrogen-bond donors (Lipinski definition) is 2. The molecule has 3 N–H and O–H groups in total. The Labute approximate surface area is 106 Å². The van der Waals surface area contributed by atoms with Gasteiger partial charge in [-0.25, -0.2) is 0 Å². The van der Waals surface area contributed by atoms with Crippen molar-refractivity contribution in [3.8, 4) is 0 Å². The van der Waals surface area contributed by atoms with E-state index in [4.69, 9.17) is 5.73 Å². The van der Waals surface area contributed by atoms with Crippen LogP contribution in [0.25, 0.3) is 0 Å². The molecular weight excluding hydrogens is 232 g/mol. The quantitative estimate of drug-likeness (QED) is 0.805. The summed E-state index contributed by atoms with van der Waals surface area (Å²) in [5, 5.41) is 4.95. The summed E-state index contributed by atoms with van der Waals surface area (Å²) in [6, 6.07) is 0. The standard InChI is InChI=1S/C13H20N2OS/c1-9-3-4-10-11(8-17-12(10)7-9)13(16)15-6-2-5-14/h8-9H,2-7,14H2,1H3,(H,15,16). The number of nitrogens with two attached hydrogens (primary N) is 1. The molecule has 0 saturated heterocycles. The van der Waals surface area contributed by atoms with Crippen molar-refractivity contribution in [2.45, 2.75) is 32.6 Å². The van der Waals surface area contributed by atoms with Crippen molar-refractivity contribution in [1.29, 1.82) is 0 Å². The molecular formula is C13H20N2OS. The van der Waals surface area contributed by atoms with Crippen LogP contribution < -0.4 is 11.1 Å². The van der Waals surface area contributed by atoms with Gasteiger partial charge in [-0.15, -0.1) is 11.3 Å². The summed E-state index contributed by atoms with van der Waals surface area (Å²) in [6.45, 7) is 3.58. The number of rotatable bonds is 4. The van der Waals surface area contributed by atoms with Crippen LogP contribution in [0.2, 0.25) is 0 Å². The SMILES string of the molecule is CC1CCc2c(C(=O)NCCCN)csc2C1. The summed E-state index contributed by atoms with van der Waals surface area (Å²) in [5.41, 5.74) is 7.60. The average Bonchev–Trinajstić information content (AvgIpc) is 2.72. The monoisotopic (exact) mass is 252 g/mol. The molecule has 0 radical (unpaired) electrons. The van der Waals surface area contributed by atoms with Crippen molar-refractivity contribution < 1.29 is 4.79 Å². The lowest BCUT2D eigenvalue weighted by molar-refractivity contribution is 0.0952. The molecule has 1 aliphatic carbocycles. The topological polar surface area (TPSA) is 55.1 Å². The van der Waals surface area contributed by atoms with Crippen molar-refractivity contribution in [2.75, 3.05) is 13.1 Å². The molecule has 1 amide bonds. The molecule has 94 valence electrons. The van der Waals surface area contributed by atoms with E-state index in [1.165, 1.54) is 16.9 Å². The molecule has 0 spiro atoms. The molecule has 3 nitrogen and oxygen atoms in total. The minimum absolute atomic E-state index is 0.0745. The highest BCUT2D eigenvalue weighted by molar-refractivity contribution is 7.10. The van der Waals surface area contributed by atoms with Gasteiger partial charge >= 0.3 is 0 Å². The Bertz CT molecular complexity index is 400. The van der Waals surface area contributed by atoms with E-state index in [0.29, 0.717) is 13.1 Å². The van der Waals surface area contributed by atoms with Crippen LogP contribution in [-0.2, 0) is 12.8 Å². The van der Waals surface area contributed by atoms with Gasteiger partial charge in [-0.1, -0.05) is 6.92 Å². The van der Waals surface area contributed by atoms with Crippen LogP contribution in [0.4, 0.5) is 0 Å². The Kier molecular flexibility index (Phi) is 4.18. The van der Waals surface area contributed by atoms with E-state index in [9.17, 15) is 4.79 Å². The fraction of sp³-hybridized carbons (Fsp3) is 0.615. The van der Waals surface area contributed by atoms with E-state index in [1.54, 1.807) is 11.3 Å². The first-order chi connectivity index (χ1) is 8.22. The van der Waals surface area contributed by atoms with Crippen LogP contribution in [-0.4, -0.2) is 19.0 Å². The average molecular weight is 252 g/mol. The van der Waals surface area contributed by atoms with E-state index >= 15 is 0 Å². The van der Waals surface area contributed by atoms with Crippen LogP contribution in [0, 0.1) is 5.92 Å². The predicted octanol–water partition coefficient (Wildman–Crippen LogP) is 1.95. The lowest BCUT2D eigenvalue weighted by Gasteiger charge is -2.18. The van der Waals surface area contributed by atoms with Gasteiger partial charge in [0.15, 0.2) is 0 Å². The summed E-state index contributed by atoms with van der Waals surface area (Å²) in [4.78, 5) is 13.4. The van der Waals surface area contributed by atoms with Gasteiger partial charge in [0.2, 0.25) is 0 Å². The number of carbonyl (C=O) groups excluding carboxylic acids is 1. The lowest BCUT2D eigenvalue weighted by Crippen LogP contribution is -2.27. The zero-order valence-electron chi connectivity index (χ0n) is 10.3. The van der Waals surface area contributed by atoms with Crippen molar-refractivity contribution in [3.63, 3.8) is 0 Å². The van der Waals surface area contributed by atoms with E-state index in [-0.39, 0.29) is 5.91 Å². The van der Waals surface area contributed by atoms with Gasteiger partial charge in [0.05, 0.1) is 5.56 Å². The maximum absolute atomic E-state index is 12.0. The lowest BCUT2D eigenvalue weighted by atomic mass is 9.88. The highest BCUT2D eigenvalue weighted by Gasteiger charge is 2.22. The van der Waals surface area contributed by atoms with Crippen molar-refractivity contribution >= 4 is 17.2 Å². The number of nitrogens with one attached hydrogen (secondary N) is 1. The highest BCUT2D eigenvalue weighted by Crippen LogP contribution is 2.32. The summed E-state index contributed by atoms with van der Waals surface area (Å²) < 4.78 is 0. The number of amides is 1. The molecule has 0 fully saturated rings. The largest absolute Gasteiger partial charge is 0.352 e. The van der Waals surface area contributed by atoms with Gasteiger partial charge in [0.1, 0.15) is 0 Å². The van der Waals surface area contributed by atoms with Crippen LogP contribution in [0.3, 0.4) is 0 Å². The van der Waals surface area contributed by atoms with E-state index < -0.39 is 0 Å². The second kappa shape index (κ2) is 5.65. The molecule has 2 rings (SSSR count). The third kappa shape index (κ3) is 2.87. The van der Waals surface area contributed by atoms with Gasteiger partial charge in [-0.3, -0.25) is 4.79 Å². The van der Waals surface area contributed by atoms with Gasteiger partial charge in [-0.2, -0.15) is 0 Å². The summed E-state index contributed by atoms with van der Waals surface area (Å²) >= 11 is 1.74. The highest BCUT2D eigenvalue weighted by atomic mass is 32.1. The molecule has 0 saturated carbocycles. The van der Waals surface area contributed by atoms with Gasteiger partial charge < -0.3 is 11.1 Å².